The number of nitrogens with one attached hydrogen (secondary N) is 1. The molecule has 2 heterocycles. The molecule has 2 aromatic carbocycles. The highest BCUT2D eigenvalue weighted by Gasteiger charge is 2.44. The second kappa shape index (κ2) is 11.3. The molecule has 9 heteroatoms. The molecule has 1 saturated carbocycles. The van der Waals surface area contributed by atoms with E-state index in [0.717, 1.165) is 49.4 Å². The van der Waals surface area contributed by atoms with E-state index in [4.69, 9.17) is 21.1 Å². The predicted octanol–water partition coefficient (Wildman–Crippen LogP) is 5.65. The maximum atomic E-state index is 13.4. The molecular weight excluding hydrogens is 560 g/mol. The summed E-state index contributed by atoms with van der Waals surface area (Å²) in [5.41, 5.74) is 3.04. The van der Waals surface area contributed by atoms with Crippen LogP contribution in [-0.2, 0) is 31.4 Å². The number of fused-ring (bicyclic) bond motifs is 4. The van der Waals surface area contributed by atoms with Crippen molar-refractivity contribution in [3.63, 3.8) is 0 Å². The van der Waals surface area contributed by atoms with Crippen molar-refractivity contribution in [1.29, 1.82) is 0 Å². The highest BCUT2D eigenvalue weighted by molar-refractivity contribution is 7.90. The van der Waals surface area contributed by atoms with Crippen molar-refractivity contribution in [2.24, 2.45) is 17.8 Å². The number of carbonyl (C=O) groups is 1. The summed E-state index contributed by atoms with van der Waals surface area (Å²) in [6.45, 7) is 3.94. The van der Waals surface area contributed by atoms with E-state index in [0.29, 0.717) is 37.2 Å². The third-order valence-electron chi connectivity index (χ3n) is 9.59. The summed E-state index contributed by atoms with van der Waals surface area (Å²) < 4.78 is 41.5. The highest BCUT2D eigenvalue weighted by Crippen LogP contribution is 2.47. The number of ether oxygens (including phenoxy) is 2. The van der Waals surface area contributed by atoms with Crippen LogP contribution in [0.2, 0.25) is 5.02 Å². The summed E-state index contributed by atoms with van der Waals surface area (Å²) in [4.78, 5) is 15.1. The molecule has 7 nitrogen and oxygen atoms in total. The summed E-state index contributed by atoms with van der Waals surface area (Å²) in [5.74, 6) is 0.938. The van der Waals surface area contributed by atoms with Gasteiger partial charge in [-0.05, 0) is 97.7 Å². The van der Waals surface area contributed by atoms with Gasteiger partial charge in [0.25, 0.3) is 10.0 Å². The Morgan fingerprint density at radius 2 is 2.02 bits per heavy atom. The van der Waals surface area contributed by atoms with Gasteiger partial charge in [-0.3, -0.25) is 4.79 Å². The first-order valence-electron chi connectivity index (χ1n) is 14.7. The molecule has 2 aliphatic carbocycles. The Bertz CT molecular complexity index is 1460. The quantitative estimate of drug-likeness (QED) is 0.427. The molecule has 0 radical (unpaired) electrons. The molecule has 220 valence electrons. The van der Waals surface area contributed by atoms with Gasteiger partial charge in [-0.15, -0.1) is 0 Å². The number of methoxy groups -OCH3 is 1. The van der Waals surface area contributed by atoms with Crippen LogP contribution in [0.4, 0.5) is 5.69 Å². The van der Waals surface area contributed by atoms with Gasteiger partial charge in [-0.2, -0.15) is 0 Å². The van der Waals surface area contributed by atoms with E-state index in [1.165, 1.54) is 11.1 Å². The van der Waals surface area contributed by atoms with E-state index in [9.17, 15) is 13.2 Å². The third kappa shape index (κ3) is 5.63. The number of nitrogens with zero attached hydrogens (tertiary/aromatic N) is 1. The molecular formula is C32H39ClN2O5S. The minimum absolute atomic E-state index is 0.00333. The van der Waals surface area contributed by atoms with Crippen LogP contribution in [-0.4, -0.2) is 47.2 Å². The fraction of sp³-hybridized carbons (Fsp3) is 0.531. The molecule has 2 aliphatic heterocycles. The molecule has 4 aliphatic rings. The zero-order valence-electron chi connectivity index (χ0n) is 23.8. The van der Waals surface area contributed by atoms with Crippen molar-refractivity contribution in [3.05, 3.63) is 64.7 Å². The molecule has 1 N–H and O–H groups in total. The standard InChI is InChI=1S/C32H39ClN2O5S/c1-21-5-3-7-29(39-2)26-11-8-23(26)18-35-19-32(14-4-6-22-16-24(33)9-12-27(22)32)20-40-30-13-10-25(17-28(30)35)41(37,38)34-31(36)15-21/h3,7,9-10,12-13,16-17,21,23,26,29H,4-6,8,11,14-15,18-20H2,1-2H3,(H,34,36)/b7-3-/t21-,23+,26-,29+,32+/m1/s1. The van der Waals surface area contributed by atoms with Crippen LogP contribution < -0.4 is 14.4 Å². The summed E-state index contributed by atoms with van der Waals surface area (Å²) in [6, 6.07) is 11.2. The maximum Gasteiger partial charge on any atom is 0.264 e. The molecule has 5 atom stereocenters. The van der Waals surface area contributed by atoms with E-state index in [-0.39, 0.29) is 28.8 Å². The lowest BCUT2D eigenvalue weighted by Gasteiger charge is -2.46. The van der Waals surface area contributed by atoms with Gasteiger partial charge in [-0.1, -0.05) is 36.7 Å². The van der Waals surface area contributed by atoms with Crippen LogP contribution in [0.5, 0.6) is 5.75 Å². The third-order valence-corrected chi connectivity index (χ3v) is 11.2. The van der Waals surface area contributed by atoms with Crippen molar-refractivity contribution in [3.8, 4) is 5.75 Å². The number of amides is 1. The molecule has 1 fully saturated rings. The first-order valence-corrected chi connectivity index (χ1v) is 16.6. The molecule has 0 unspecified atom stereocenters. The Labute approximate surface area is 248 Å². The highest BCUT2D eigenvalue weighted by atomic mass is 35.5. The summed E-state index contributed by atoms with van der Waals surface area (Å²) in [6.07, 6.45) is 10.2. The second-order valence-electron chi connectivity index (χ2n) is 12.4. The number of hydrogen-bond donors (Lipinski definition) is 1. The maximum absolute atomic E-state index is 13.4. The number of carbonyl (C=O) groups excluding carboxylic acids is 1. The first-order chi connectivity index (χ1) is 19.7. The van der Waals surface area contributed by atoms with Gasteiger partial charge in [0.15, 0.2) is 0 Å². The molecule has 1 amide bonds. The number of hydrogen-bond acceptors (Lipinski definition) is 6. The van der Waals surface area contributed by atoms with Gasteiger partial charge in [0.2, 0.25) is 5.91 Å². The van der Waals surface area contributed by atoms with Gasteiger partial charge in [0.1, 0.15) is 5.75 Å². The molecule has 2 aromatic rings. The minimum atomic E-state index is -4.04. The number of allylic oxidation sites excluding steroid dienone is 1. The lowest BCUT2D eigenvalue weighted by Crippen LogP contribution is -2.49. The van der Waals surface area contributed by atoms with Crippen molar-refractivity contribution in [2.45, 2.75) is 68.3 Å². The first kappa shape index (κ1) is 28.6. The van der Waals surface area contributed by atoms with E-state index in [1.807, 2.05) is 13.0 Å². The molecule has 1 spiro atoms. The van der Waals surface area contributed by atoms with Crippen LogP contribution in [0.15, 0.2) is 53.4 Å². The largest absolute Gasteiger partial charge is 0.490 e. The summed E-state index contributed by atoms with van der Waals surface area (Å²) >= 11 is 6.39. The van der Waals surface area contributed by atoms with Gasteiger partial charge >= 0.3 is 0 Å². The van der Waals surface area contributed by atoms with Crippen LogP contribution in [0.25, 0.3) is 0 Å². The molecule has 41 heavy (non-hydrogen) atoms. The summed E-state index contributed by atoms with van der Waals surface area (Å²) in [7, 11) is -2.27. The Balaban J connectivity index is 1.43. The zero-order chi connectivity index (χ0) is 28.8. The van der Waals surface area contributed by atoms with Gasteiger partial charge in [-0.25, -0.2) is 13.1 Å². The van der Waals surface area contributed by atoms with Crippen molar-refractivity contribution >= 4 is 33.2 Å². The monoisotopic (exact) mass is 598 g/mol. The number of halogens is 1. The second-order valence-corrected chi connectivity index (χ2v) is 14.6. The SMILES string of the molecule is CO[C@H]1/C=C\C[C@@H](C)CC(=O)NS(=O)(=O)c2ccc3c(c2)N(C[C@@H]2CC[C@H]21)C[C@@]1(CCCc2cc(Cl)ccc21)CO3. The minimum Gasteiger partial charge on any atom is -0.490 e. The van der Waals surface area contributed by atoms with E-state index in [1.54, 1.807) is 25.3 Å². The molecule has 0 saturated heterocycles. The van der Waals surface area contributed by atoms with Crippen molar-refractivity contribution < 1.29 is 22.7 Å². The van der Waals surface area contributed by atoms with E-state index < -0.39 is 15.9 Å². The van der Waals surface area contributed by atoms with Gasteiger partial charge in [0.05, 0.1) is 23.3 Å². The van der Waals surface area contributed by atoms with Crippen LogP contribution in [0, 0.1) is 17.8 Å². The average molecular weight is 599 g/mol. The number of anilines is 1. The number of rotatable bonds is 1. The smallest absolute Gasteiger partial charge is 0.264 e. The van der Waals surface area contributed by atoms with Crippen LogP contribution >= 0.6 is 11.6 Å². The average Bonchev–Trinajstić information content (AvgIpc) is 3.06. The van der Waals surface area contributed by atoms with Gasteiger partial charge < -0.3 is 14.4 Å². The number of sulfonamides is 1. The molecule has 0 aromatic heterocycles. The Morgan fingerprint density at radius 3 is 2.80 bits per heavy atom. The number of aryl methyl sites for hydroxylation is 1. The zero-order valence-corrected chi connectivity index (χ0v) is 25.3. The van der Waals surface area contributed by atoms with E-state index >= 15 is 0 Å². The topological polar surface area (TPSA) is 84.9 Å². The summed E-state index contributed by atoms with van der Waals surface area (Å²) in [5, 5.41) is 0.742. The lowest BCUT2D eigenvalue weighted by atomic mass is 9.68. The Morgan fingerprint density at radius 1 is 1.17 bits per heavy atom. The lowest BCUT2D eigenvalue weighted by molar-refractivity contribution is -0.120. The predicted molar refractivity (Wildman–Crippen MR) is 160 cm³/mol. The molecule has 6 rings (SSSR count). The fourth-order valence-corrected chi connectivity index (χ4v) is 8.50. The van der Waals surface area contributed by atoms with Crippen molar-refractivity contribution in [2.75, 3.05) is 31.7 Å². The fourth-order valence-electron chi connectivity index (χ4n) is 7.29. The Kier molecular flexibility index (Phi) is 7.85. The number of benzene rings is 2. The van der Waals surface area contributed by atoms with Crippen LogP contribution in [0.3, 0.4) is 0 Å². The Hall–Kier alpha value is -2.55. The van der Waals surface area contributed by atoms with E-state index in [2.05, 4.69) is 33.9 Å². The molecule has 2 bridgehead atoms. The normalized spacial score (nSPS) is 32.0. The van der Waals surface area contributed by atoms with Gasteiger partial charge in [0, 0.05) is 37.1 Å². The van der Waals surface area contributed by atoms with Crippen LogP contribution in [0.1, 0.15) is 56.6 Å². The van der Waals surface area contributed by atoms with Crippen molar-refractivity contribution in [1.82, 2.24) is 4.72 Å².